The van der Waals surface area contributed by atoms with Crippen molar-refractivity contribution in [2.45, 2.75) is 6.42 Å². The third kappa shape index (κ3) is 3.27. The Balaban J connectivity index is 1.80. The Morgan fingerprint density at radius 3 is 2.46 bits per heavy atom. The molecule has 0 aliphatic rings. The molecule has 0 atom stereocenters. The van der Waals surface area contributed by atoms with Crippen molar-refractivity contribution < 1.29 is 19.1 Å². The lowest BCUT2D eigenvalue weighted by atomic mass is 10.0. The van der Waals surface area contributed by atoms with E-state index in [0.717, 1.165) is 28.4 Å². The molecule has 0 bridgehead atoms. The summed E-state index contributed by atoms with van der Waals surface area (Å²) < 4.78 is 10.5. The van der Waals surface area contributed by atoms with Crippen molar-refractivity contribution in [3.8, 4) is 11.5 Å². The Hall–Kier alpha value is -3.14. The summed E-state index contributed by atoms with van der Waals surface area (Å²) in [6.07, 6.45) is 0.841. The van der Waals surface area contributed by atoms with E-state index in [1.165, 1.54) is 0 Å². The highest BCUT2D eigenvalue weighted by atomic mass is 16.5. The van der Waals surface area contributed by atoms with E-state index in [9.17, 15) is 9.59 Å². The van der Waals surface area contributed by atoms with Crippen LogP contribution in [-0.2, 0) is 11.2 Å². The zero-order valence-corrected chi connectivity index (χ0v) is 13.2. The molecule has 0 radical (unpaired) electrons. The van der Waals surface area contributed by atoms with Crippen LogP contribution in [0.4, 0.5) is 0 Å². The molecule has 0 aliphatic carbocycles. The van der Waals surface area contributed by atoms with Crippen molar-refractivity contribution in [3.63, 3.8) is 0 Å². The predicted octanol–water partition coefficient (Wildman–Crippen LogP) is 3.81. The van der Waals surface area contributed by atoms with Crippen LogP contribution >= 0.6 is 0 Å². The number of carbonyl (C=O) groups excluding carboxylic acids is 2. The summed E-state index contributed by atoms with van der Waals surface area (Å²) in [5, 5.41) is 1.69. The van der Waals surface area contributed by atoms with Crippen molar-refractivity contribution in [2.75, 3.05) is 7.11 Å². The maximum atomic E-state index is 12.2. The quantitative estimate of drug-likeness (QED) is 0.407. The summed E-state index contributed by atoms with van der Waals surface area (Å²) in [6, 6.07) is 18.2. The highest BCUT2D eigenvalue weighted by Gasteiger charge is 2.12. The summed E-state index contributed by atoms with van der Waals surface area (Å²) in [5.41, 5.74) is 1.20. The topological polar surface area (TPSA) is 52.6 Å². The second-order valence-corrected chi connectivity index (χ2v) is 5.32. The molecule has 3 aromatic carbocycles. The van der Waals surface area contributed by atoms with Gasteiger partial charge in [-0.05, 0) is 34.5 Å². The van der Waals surface area contributed by atoms with Gasteiger partial charge in [0.1, 0.15) is 11.5 Å². The summed E-state index contributed by atoms with van der Waals surface area (Å²) in [5.74, 6) is 0.589. The van der Waals surface area contributed by atoms with Crippen LogP contribution in [0.25, 0.3) is 10.8 Å². The Labute approximate surface area is 139 Å². The molecular weight excluding hydrogens is 304 g/mol. The molecule has 0 saturated heterocycles. The lowest BCUT2D eigenvalue weighted by Crippen LogP contribution is -2.12. The fourth-order valence-electron chi connectivity index (χ4n) is 2.55. The summed E-state index contributed by atoms with van der Waals surface area (Å²) in [4.78, 5) is 23.6. The van der Waals surface area contributed by atoms with Crippen LogP contribution in [0.15, 0.2) is 60.7 Å². The molecule has 0 unspecified atom stereocenters. The number of esters is 1. The van der Waals surface area contributed by atoms with E-state index in [1.54, 1.807) is 37.4 Å². The molecule has 0 heterocycles. The number of rotatable bonds is 5. The molecule has 0 saturated carbocycles. The summed E-state index contributed by atoms with van der Waals surface area (Å²) in [6.45, 7) is 0. The van der Waals surface area contributed by atoms with Crippen LogP contribution in [0.1, 0.15) is 15.9 Å². The number of fused-ring (bicyclic) bond motifs is 1. The van der Waals surface area contributed by atoms with Gasteiger partial charge >= 0.3 is 5.97 Å². The molecular formula is C20H16O4. The smallest absolute Gasteiger partial charge is 0.315 e. The average Bonchev–Trinajstić information content (AvgIpc) is 2.62. The van der Waals surface area contributed by atoms with Crippen LogP contribution in [0.3, 0.4) is 0 Å². The first-order chi connectivity index (χ1) is 11.7. The number of methoxy groups -OCH3 is 1. The summed E-state index contributed by atoms with van der Waals surface area (Å²) >= 11 is 0. The minimum absolute atomic E-state index is 0.120. The minimum atomic E-state index is -0.418. The Morgan fingerprint density at radius 1 is 1.00 bits per heavy atom. The lowest BCUT2D eigenvalue weighted by Gasteiger charge is -2.09. The molecule has 120 valence electrons. The maximum absolute atomic E-state index is 12.2. The molecule has 4 nitrogen and oxygen atoms in total. The van der Waals surface area contributed by atoms with Crippen molar-refractivity contribution in [2.24, 2.45) is 0 Å². The van der Waals surface area contributed by atoms with Crippen molar-refractivity contribution in [3.05, 3.63) is 71.8 Å². The van der Waals surface area contributed by atoms with Crippen molar-refractivity contribution in [1.29, 1.82) is 0 Å². The number of ether oxygens (including phenoxy) is 2. The molecule has 0 aromatic heterocycles. The van der Waals surface area contributed by atoms with Crippen LogP contribution in [-0.4, -0.2) is 19.4 Å². The van der Waals surface area contributed by atoms with E-state index < -0.39 is 5.97 Å². The highest BCUT2D eigenvalue weighted by molar-refractivity contribution is 6.01. The average molecular weight is 320 g/mol. The van der Waals surface area contributed by atoms with Crippen molar-refractivity contribution >= 4 is 23.0 Å². The van der Waals surface area contributed by atoms with Gasteiger partial charge < -0.3 is 9.47 Å². The fourth-order valence-corrected chi connectivity index (χ4v) is 2.55. The monoisotopic (exact) mass is 320 g/mol. The Morgan fingerprint density at radius 2 is 1.75 bits per heavy atom. The third-order valence-corrected chi connectivity index (χ3v) is 3.78. The first kappa shape index (κ1) is 15.7. The van der Waals surface area contributed by atoms with Gasteiger partial charge in [0, 0.05) is 0 Å². The van der Waals surface area contributed by atoms with E-state index in [-0.39, 0.29) is 12.2 Å². The number of carbonyl (C=O) groups is 2. The second kappa shape index (κ2) is 6.96. The molecule has 24 heavy (non-hydrogen) atoms. The van der Waals surface area contributed by atoms with Gasteiger partial charge in [-0.2, -0.15) is 0 Å². The van der Waals surface area contributed by atoms with E-state index in [1.807, 2.05) is 30.3 Å². The zero-order valence-electron chi connectivity index (χ0n) is 13.2. The molecule has 0 amide bonds. The zero-order chi connectivity index (χ0) is 16.9. The van der Waals surface area contributed by atoms with E-state index in [4.69, 9.17) is 9.47 Å². The highest BCUT2D eigenvalue weighted by Crippen LogP contribution is 2.27. The number of hydrogen-bond donors (Lipinski definition) is 0. The van der Waals surface area contributed by atoms with Gasteiger partial charge in [0.05, 0.1) is 19.1 Å². The van der Waals surface area contributed by atoms with Crippen molar-refractivity contribution in [1.82, 2.24) is 0 Å². The summed E-state index contributed by atoms with van der Waals surface area (Å²) in [7, 11) is 1.59. The molecule has 4 heteroatoms. The molecule has 0 aliphatic heterocycles. The van der Waals surface area contributed by atoms with E-state index in [0.29, 0.717) is 5.56 Å². The molecule has 3 rings (SSSR count). The first-order valence-corrected chi connectivity index (χ1v) is 7.52. The van der Waals surface area contributed by atoms with Gasteiger partial charge in [0.25, 0.3) is 0 Å². The van der Waals surface area contributed by atoms with E-state index in [2.05, 4.69) is 0 Å². The third-order valence-electron chi connectivity index (χ3n) is 3.78. The number of hydrogen-bond acceptors (Lipinski definition) is 4. The molecule has 0 N–H and O–H groups in total. The molecule has 0 spiro atoms. The van der Waals surface area contributed by atoms with Crippen LogP contribution in [0.5, 0.6) is 11.5 Å². The van der Waals surface area contributed by atoms with Gasteiger partial charge in [0.2, 0.25) is 0 Å². The van der Waals surface area contributed by atoms with Crippen LogP contribution < -0.4 is 9.47 Å². The fraction of sp³-hybridized carbons (Fsp3) is 0.100. The molecule has 0 fully saturated rings. The van der Waals surface area contributed by atoms with Gasteiger partial charge in [-0.15, -0.1) is 0 Å². The maximum Gasteiger partial charge on any atom is 0.315 e. The van der Waals surface area contributed by atoms with Crippen LogP contribution in [0, 0.1) is 0 Å². The standard InChI is InChI=1S/C20H16O4/c1-23-16-9-6-14(7-10-16)12-20(22)24-19-11-8-15-4-2-3-5-17(15)18(19)13-21/h2-11,13H,12H2,1H3. The number of benzene rings is 3. The predicted molar refractivity (Wildman–Crippen MR) is 91.7 cm³/mol. The Bertz CT molecular complexity index is 882. The van der Waals surface area contributed by atoms with Crippen LogP contribution in [0.2, 0.25) is 0 Å². The van der Waals surface area contributed by atoms with Gasteiger partial charge in [-0.3, -0.25) is 9.59 Å². The molecule has 3 aromatic rings. The van der Waals surface area contributed by atoms with E-state index >= 15 is 0 Å². The van der Waals surface area contributed by atoms with Gasteiger partial charge in [-0.1, -0.05) is 42.5 Å². The van der Waals surface area contributed by atoms with Gasteiger partial charge in [-0.25, -0.2) is 0 Å². The largest absolute Gasteiger partial charge is 0.497 e. The SMILES string of the molecule is COc1ccc(CC(=O)Oc2ccc3ccccc3c2C=O)cc1. The Kier molecular flexibility index (Phi) is 4.57. The second-order valence-electron chi connectivity index (χ2n) is 5.32. The minimum Gasteiger partial charge on any atom is -0.497 e. The normalized spacial score (nSPS) is 10.4. The number of aldehydes is 1. The first-order valence-electron chi connectivity index (χ1n) is 7.52. The van der Waals surface area contributed by atoms with Gasteiger partial charge in [0.15, 0.2) is 6.29 Å². The lowest BCUT2D eigenvalue weighted by molar-refractivity contribution is -0.133.